The Morgan fingerprint density at radius 2 is 1.69 bits per heavy atom. The normalized spacial score (nSPS) is 16.8. The SMILES string of the molecule is CCOC(=O)c1ccc(S(=O)(=O)N2CCN(Cc3nn(-c4ccccc4)c4c3CCC4)CC2)cc1. The molecule has 184 valence electrons. The summed E-state index contributed by atoms with van der Waals surface area (Å²) in [6.45, 7) is 4.87. The number of benzene rings is 2. The Morgan fingerprint density at radius 3 is 2.37 bits per heavy atom. The number of hydrogen-bond donors (Lipinski definition) is 0. The topological polar surface area (TPSA) is 84.7 Å². The zero-order valence-corrected chi connectivity index (χ0v) is 20.7. The van der Waals surface area contributed by atoms with Crippen LogP contribution in [0.1, 0.15) is 40.7 Å². The number of nitrogens with zero attached hydrogens (tertiary/aromatic N) is 4. The Labute approximate surface area is 206 Å². The van der Waals surface area contributed by atoms with Gasteiger partial charge in [0, 0.05) is 38.4 Å². The lowest BCUT2D eigenvalue weighted by atomic mass is 10.2. The molecule has 1 aliphatic heterocycles. The number of rotatable bonds is 7. The van der Waals surface area contributed by atoms with Crippen LogP contribution in [0.2, 0.25) is 0 Å². The standard InChI is InChI=1S/C26H30N4O4S/c1-2-34-26(31)20-11-13-22(14-12-20)35(32,33)29-17-15-28(16-18-29)19-24-23-9-6-10-25(23)30(27-24)21-7-4-3-5-8-21/h3-5,7-8,11-14H,2,6,9-10,15-19H2,1H3. The molecule has 0 radical (unpaired) electrons. The molecule has 0 N–H and O–H groups in total. The molecule has 1 aromatic heterocycles. The molecule has 0 amide bonds. The van der Waals surface area contributed by atoms with Crippen molar-refractivity contribution in [2.75, 3.05) is 32.8 Å². The van der Waals surface area contributed by atoms with Gasteiger partial charge in [-0.05, 0) is 68.1 Å². The monoisotopic (exact) mass is 494 g/mol. The van der Waals surface area contributed by atoms with Crippen LogP contribution in [0.4, 0.5) is 0 Å². The van der Waals surface area contributed by atoms with Crippen molar-refractivity contribution in [2.45, 2.75) is 37.6 Å². The molecule has 5 rings (SSSR count). The van der Waals surface area contributed by atoms with Crippen molar-refractivity contribution in [1.29, 1.82) is 0 Å². The van der Waals surface area contributed by atoms with Gasteiger partial charge < -0.3 is 4.74 Å². The molecule has 0 atom stereocenters. The predicted octanol–water partition coefficient (Wildman–Crippen LogP) is 3.04. The molecule has 1 aliphatic carbocycles. The molecule has 0 bridgehead atoms. The summed E-state index contributed by atoms with van der Waals surface area (Å²) in [6.07, 6.45) is 3.24. The van der Waals surface area contributed by atoms with E-state index in [2.05, 4.69) is 21.7 Å². The van der Waals surface area contributed by atoms with Gasteiger partial charge in [-0.3, -0.25) is 4.90 Å². The highest BCUT2D eigenvalue weighted by atomic mass is 32.2. The van der Waals surface area contributed by atoms with E-state index in [-0.39, 0.29) is 11.5 Å². The van der Waals surface area contributed by atoms with E-state index in [1.807, 2.05) is 18.2 Å². The number of hydrogen-bond acceptors (Lipinski definition) is 6. The van der Waals surface area contributed by atoms with Crippen LogP contribution < -0.4 is 0 Å². The van der Waals surface area contributed by atoms with Gasteiger partial charge in [0.2, 0.25) is 10.0 Å². The largest absolute Gasteiger partial charge is 0.462 e. The second kappa shape index (κ2) is 9.93. The van der Waals surface area contributed by atoms with Crippen LogP contribution in [0.15, 0.2) is 59.5 Å². The minimum absolute atomic E-state index is 0.193. The molecule has 0 saturated carbocycles. The van der Waals surface area contributed by atoms with Crippen LogP contribution in [0.3, 0.4) is 0 Å². The van der Waals surface area contributed by atoms with Gasteiger partial charge in [0.05, 0.1) is 28.4 Å². The molecule has 1 saturated heterocycles. The fourth-order valence-electron chi connectivity index (χ4n) is 4.89. The van der Waals surface area contributed by atoms with Crippen LogP contribution in [0.25, 0.3) is 5.69 Å². The van der Waals surface area contributed by atoms with Crippen molar-refractivity contribution < 1.29 is 17.9 Å². The highest BCUT2D eigenvalue weighted by Crippen LogP contribution is 2.29. The smallest absolute Gasteiger partial charge is 0.338 e. The van der Waals surface area contributed by atoms with Gasteiger partial charge in [-0.2, -0.15) is 9.40 Å². The minimum Gasteiger partial charge on any atom is -0.462 e. The van der Waals surface area contributed by atoms with Crippen molar-refractivity contribution in [3.8, 4) is 5.69 Å². The van der Waals surface area contributed by atoms with Gasteiger partial charge in [-0.15, -0.1) is 0 Å². The molecule has 0 unspecified atom stereocenters. The number of aromatic nitrogens is 2. The van der Waals surface area contributed by atoms with Gasteiger partial charge in [0.15, 0.2) is 0 Å². The maximum absolute atomic E-state index is 13.1. The zero-order valence-electron chi connectivity index (χ0n) is 19.9. The summed E-state index contributed by atoms with van der Waals surface area (Å²) in [6, 6.07) is 16.2. The van der Waals surface area contributed by atoms with Crippen LogP contribution in [0.5, 0.6) is 0 Å². The second-order valence-corrected chi connectivity index (χ2v) is 10.8. The lowest BCUT2D eigenvalue weighted by Crippen LogP contribution is -2.48. The first-order valence-corrected chi connectivity index (χ1v) is 13.6. The number of esters is 1. The molecule has 3 aromatic rings. The Kier molecular flexibility index (Phi) is 6.73. The third-order valence-electron chi connectivity index (χ3n) is 6.72. The van der Waals surface area contributed by atoms with Crippen molar-refractivity contribution in [3.05, 3.63) is 77.1 Å². The van der Waals surface area contributed by atoms with E-state index < -0.39 is 16.0 Å². The first kappa shape index (κ1) is 23.7. The number of fused-ring (bicyclic) bond motifs is 1. The Morgan fingerprint density at radius 1 is 0.971 bits per heavy atom. The highest BCUT2D eigenvalue weighted by molar-refractivity contribution is 7.89. The molecule has 1 fully saturated rings. The summed E-state index contributed by atoms with van der Waals surface area (Å²) in [7, 11) is -3.62. The van der Waals surface area contributed by atoms with Gasteiger partial charge in [-0.25, -0.2) is 17.9 Å². The average Bonchev–Trinajstić information content (AvgIpc) is 3.49. The highest BCUT2D eigenvalue weighted by Gasteiger charge is 2.30. The van der Waals surface area contributed by atoms with E-state index in [1.54, 1.807) is 6.92 Å². The molecule has 2 aliphatic rings. The third kappa shape index (κ3) is 4.76. The van der Waals surface area contributed by atoms with Gasteiger partial charge >= 0.3 is 5.97 Å². The lowest BCUT2D eigenvalue weighted by molar-refractivity contribution is 0.0526. The molecular weight excluding hydrogens is 464 g/mol. The first-order valence-electron chi connectivity index (χ1n) is 12.1. The summed E-state index contributed by atoms with van der Waals surface area (Å²) in [5.74, 6) is -0.453. The van der Waals surface area contributed by atoms with Gasteiger partial charge in [0.1, 0.15) is 0 Å². The summed E-state index contributed by atoms with van der Waals surface area (Å²) < 4.78 is 34.9. The quantitative estimate of drug-likeness (QED) is 0.470. The molecule has 2 aromatic carbocycles. The molecule has 35 heavy (non-hydrogen) atoms. The lowest BCUT2D eigenvalue weighted by Gasteiger charge is -2.33. The van der Waals surface area contributed by atoms with E-state index in [1.165, 1.54) is 39.8 Å². The van der Waals surface area contributed by atoms with Crippen LogP contribution in [-0.4, -0.2) is 66.2 Å². The van der Waals surface area contributed by atoms with Crippen LogP contribution in [-0.2, 0) is 34.1 Å². The van der Waals surface area contributed by atoms with Crippen molar-refractivity contribution in [2.24, 2.45) is 0 Å². The molecular formula is C26H30N4O4S. The predicted molar refractivity (Wildman–Crippen MR) is 132 cm³/mol. The third-order valence-corrected chi connectivity index (χ3v) is 8.63. The minimum atomic E-state index is -3.62. The van der Waals surface area contributed by atoms with E-state index in [0.717, 1.165) is 37.2 Å². The maximum Gasteiger partial charge on any atom is 0.338 e. The number of carbonyl (C=O) groups is 1. The zero-order chi connectivity index (χ0) is 24.4. The number of carbonyl (C=O) groups excluding carboxylic acids is 1. The summed E-state index contributed by atoms with van der Waals surface area (Å²) >= 11 is 0. The average molecular weight is 495 g/mol. The number of sulfonamides is 1. The van der Waals surface area contributed by atoms with Crippen LogP contribution >= 0.6 is 0 Å². The van der Waals surface area contributed by atoms with Crippen LogP contribution in [0, 0.1) is 0 Å². The Hall–Kier alpha value is -3.01. The van der Waals surface area contributed by atoms with E-state index >= 15 is 0 Å². The first-order chi connectivity index (χ1) is 17.0. The molecule has 9 heteroatoms. The fourth-order valence-corrected chi connectivity index (χ4v) is 6.31. The summed E-state index contributed by atoms with van der Waals surface area (Å²) in [4.78, 5) is 14.3. The Bertz CT molecular complexity index is 1300. The summed E-state index contributed by atoms with van der Waals surface area (Å²) in [5.41, 5.74) is 5.19. The summed E-state index contributed by atoms with van der Waals surface area (Å²) in [5, 5.41) is 4.95. The molecule has 8 nitrogen and oxygen atoms in total. The molecule has 0 spiro atoms. The van der Waals surface area contributed by atoms with Crippen molar-refractivity contribution >= 4 is 16.0 Å². The number of para-hydroxylation sites is 1. The van der Waals surface area contributed by atoms with Gasteiger partial charge in [-0.1, -0.05) is 18.2 Å². The fraction of sp³-hybridized carbons (Fsp3) is 0.385. The number of piperazine rings is 1. The molecule has 2 heterocycles. The van der Waals surface area contributed by atoms with Crippen molar-refractivity contribution in [1.82, 2.24) is 19.0 Å². The van der Waals surface area contributed by atoms with E-state index in [4.69, 9.17) is 9.84 Å². The van der Waals surface area contributed by atoms with Crippen molar-refractivity contribution in [3.63, 3.8) is 0 Å². The maximum atomic E-state index is 13.1. The van der Waals surface area contributed by atoms with E-state index in [9.17, 15) is 13.2 Å². The second-order valence-electron chi connectivity index (χ2n) is 8.90. The van der Waals surface area contributed by atoms with E-state index in [0.29, 0.717) is 31.7 Å². The van der Waals surface area contributed by atoms with Gasteiger partial charge in [0.25, 0.3) is 0 Å². The number of ether oxygens (including phenoxy) is 1. The Balaban J connectivity index is 1.25.